The molecule has 26 heavy (non-hydrogen) atoms. The molecule has 0 aliphatic carbocycles. The van der Waals surface area contributed by atoms with Crippen LogP contribution in [0.4, 0.5) is 11.4 Å². The zero-order valence-corrected chi connectivity index (χ0v) is 15.1. The molecular weight excluding hydrogens is 330 g/mol. The van der Waals surface area contributed by atoms with Gasteiger partial charge in [-0.25, -0.2) is 0 Å². The summed E-state index contributed by atoms with van der Waals surface area (Å²) in [6.07, 6.45) is 1.83. The summed E-state index contributed by atoms with van der Waals surface area (Å²) in [7, 11) is 2.13. The van der Waals surface area contributed by atoms with Gasteiger partial charge in [0, 0.05) is 69.8 Å². The number of piperazine rings is 1. The van der Waals surface area contributed by atoms with E-state index in [-0.39, 0.29) is 10.6 Å². The molecule has 0 radical (unpaired) electrons. The van der Waals surface area contributed by atoms with Crippen LogP contribution in [0.25, 0.3) is 0 Å². The van der Waals surface area contributed by atoms with Gasteiger partial charge in [-0.1, -0.05) is 6.07 Å². The SMILES string of the molecule is CN(CCN1CCN(c2ccc([N+](=O)[O-])cc2)CC1)Cc1ccccn1. The summed E-state index contributed by atoms with van der Waals surface area (Å²) in [5.41, 5.74) is 2.30. The summed E-state index contributed by atoms with van der Waals surface area (Å²) in [6.45, 7) is 6.82. The highest BCUT2D eigenvalue weighted by Gasteiger charge is 2.18. The van der Waals surface area contributed by atoms with Gasteiger partial charge >= 0.3 is 0 Å². The van der Waals surface area contributed by atoms with Crippen LogP contribution in [0.1, 0.15) is 5.69 Å². The molecule has 7 heteroatoms. The minimum absolute atomic E-state index is 0.142. The van der Waals surface area contributed by atoms with Crippen LogP contribution in [0.2, 0.25) is 0 Å². The summed E-state index contributed by atoms with van der Waals surface area (Å²) in [5.74, 6) is 0. The first-order valence-corrected chi connectivity index (χ1v) is 8.92. The standard InChI is InChI=1S/C19H25N5O2/c1-21(16-17-4-2-3-9-20-17)10-11-22-12-14-23(15-13-22)18-5-7-19(8-6-18)24(25)26/h2-9H,10-16H2,1H3. The molecule has 1 fully saturated rings. The minimum atomic E-state index is -0.358. The van der Waals surface area contributed by atoms with Crippen molar-refractivity contribution >= 4 is 11.4 Å². The maximum atomic E-state index is 10.8. The molecule has 2 aromatic rings. The number of nitro groups is 1. The van der Waals surface area contributed by atoms with E-state index >= 15 is 0 Å². The number of non-ortho nitro benzene ring substituents is 1. The van der Waals surface area contributed by atoms with E-state index in [9.17, 15) is 10.1 Å². The highest BCUT2D eigenvalue weighted by molar-refractivity contribution is 5.51. The van der Waals surface area contributed by atoms with E-state index in [0.29, 0.717) is 0 Å². The summed E-state index contributed by atoms with van der Waals surface area (Å²) < 4.78 is 0. The van der Waals surface area contributed by atoms with Gasteiger partial charge in [0.2, 0.25) is 0 Å². The average molecular weight is 355 g/mol. The lowest BCUT2D eigenvalue weighted by atomic mass is 10.2. The molecule has 1 aliphatic rings. The summed E-state index contributed by atoms with van der Waals surface area (Å²) in [6, 6.07) is 12.9. The van der Waals surface area contributed by atoms with Crippen LogP contribution in [0.5, 0.6) is 0 Å². The molecule has 0 saturated carbocycles. The minimum Gasteiger partial charge on any atom is -0.369 e. The largest absolute Gasteiger partial charge is 0.369 e. The van der Waals surface area contributed by atoms with E-state index in [1.165, 1.54) is 0 Å². The molecule has 0 spiro atoms. The molecule has 0 atom stereocenters. The molecule has 1 aromatic heterocycles. The van der Waals surface area contributed by atoms with Gasteiger partial charge in [0.25, 0.3) is 5.69 Å². The molecule has 3 rings (SSSR count). The molecule has 0 N–H and O–H groups in total. The van der Waals surface area contributed by atoms with Gasteiger partial charge in [0.05, 0.1) is 10.6 Å². The van der Waals surface area contributed by atoms with Gasteiger partial charge in [-0.2, -0.15) is 0 Å². The van der Waals surface area contributed by atoms with Crippen molar-refractivity contribution in [3.8, 4) is 0 Å². The zero-order chi connectivity index (χ0) is 18.4. The summed E-state index contributed by atoms with van der Waals surface area (Å²) >= 11 is 0. The number of nitrogens with zero attached hydrogens (tertiary/aromatic N) is 5. The number of likely N-dealkylation sites (N-methyl/N-ethyl adjacent to an activating group) is 1. The van der Waals surface area contributed by atoms with E-state index in [1.54, 1.807) is 12.1 Å². The second-order valence-electron chi connectivity index (χ2n) is 6.66. The molecule has 7 nitrogen and oxygen atoms in total. The fourth-order valence-corrected chi connectivity index (χ4v) is 3.17. The quantitative estimate of drug-likeness (QED) is 0.561. The highest BCUT2D eigenvalue weighted by Crippen LogP contribution is 2.20. The number of benzene rings is 1. The van der Waals surface area contributed by atoms with Crippen LogP contribution in [-0.4, -0.2) is 66.0 Å². The van der Waals surface area contributed by atoms with Crippen molar-refractivity contribution in [2.45, 2.75) is 6.54 Å². The Morgan fingerprint density at radius 2 is 1.85 bits per heavy atom. The normalized spacial score (nSPS) is 15.4. The molecule has 138 valence electrons. The van der Waals surface area contributed by atoms with Gasteiger partial charge in [-0.15, -0.1) is 0 Å². The Balaban J connectivity index is 1.41. The van der Waals surface area contributed by atoms with Crippen LogP contribution in [-0.2, 0) is 6.54 Å². The Labute approximate surface area is 154 Å². The predicted octanol–water partition coefficient (Wildman–Crippen LogP) is 2.24. The number of aromatic nitrogens is 1. The van der Waals surface area contributed by atoms with Crippen molar-refractivity contribution in [2.24, 2.45) is 0 Å². The van der Waals surface area contributed by atoms with Gasteiger partial charge in [-0.05, 0) is 31.3 Å². The third-order valence-electron chi connectivity index (χ3n) is 4.75. The second-order valence-corrected chi connectivity index (χ2v) is 6.66. The topological polar surface area (TPSA) is 65.8 Å². The Kier molecular flexibility index (Phi) is 6.14. The molecule has 0 unspecified atom stereocenters. The van der Waals surface area contributed by atoms with Crippen LogP contribution in [0.15, 0.2) is 48.7 Å². The highest BCUT2D eigenvalue weighted by atomic mass is 16.6. The van der Waals surface area contributed by atoms with Crippen molar-refractivity contribution in [1.29, 1.82) is 0 Å². The third kappa shape index (κ3) is 5.00. The fourth-order valence-electron chi connectivity index (χ4n) is 3.17. The monoisotopic (exact) mass is 355 g/mol. The van der Waals surface area contributed by atoms with Crippen molar-refractivity contribution < 1.29 is 4.92 Å². The zero-order valence-electron chi connectivity index (χ0n) is 15.1. The van der Waals surface area contributed by atoms with Crippen LogP contribution >= 0.6 is 0 Å². The number of hydrogen-bond acceptors (Lipinski definition) is 6. The number of rotatable bonds is 7. The lowest BCUT2D eigenvalue weighted by molar-refractivity contribution is -0.384. The fraction of sp³-hybridized carbons (Fsp3) is 0.421. The molecule has 0 bridgehead atoms. The van der Waals surface area contributed by atoms with E-state index in [0.717, 1.165) is 57.2 Å². The second kappa shape index (κ2) is 8.73. The van der Waals surface area contributed by atoms with Crippen LogP contribution < -0.4 is 4.90 Å². The van der Waals surface area contributed by atoms with E-state index in [4.69, 9.17) is 0 Å². The lowest BCUT2D eigenvalue weighted by Gasteiger charge is -2.36. The maximum absolute atomic E-state index is 10.8. The molecule has 0 amide bonds. The van der Waals surface area contributed by atoms with Crippen molar-refractivity contribution in [2.75, 3.05) is 51.2 Å². The van der Waals surface area contributed by atoms with Crippen LogP contribution in [0.3, 0.4) is 0 Å². The Morgan fingerprint density at radius 3 is 2.46 bits per heavy atom. The third-order valence-corrected chi connectivity index (χ3v) is 4.75. The number of pyridine rings is 1. The Bertz CT molecular complexity index is 700. The van der Waals surface area contributed by atoms with Crippen LogP contribution in [0, 0.1) is 10.1 Å². The molecule has 1 aliphatic heterocycles. The maximum Gasteiger partial charge on any atom is 0.269 e. The smallest absolute Gasteiger partial charge is 0.269 e. The van der Waals surface area contributed by atoms with Gasteiger partial charge in [0.1, 0.15) is 0 Å². The van der Waals surface area contributed by atoms with Gasteiger partial charge < -0.3 is 4.90 Å². The predicted molar refractivity (Wildman–Crippen MR) is 102 cm³/mol. The van der Waals surface area contributed by atoms with E-state index in [2.05, 4.69) is 32.8 Å². The first kappa shape index (κ1) is 18.3. The van der Waals surface area contributed by atoms with Gasteiger partial charge in [0.15, 0.2) is 0 Å². The molecule has 1 aromatic carbocycles. The Morgan fingerprint density at radius 1 is 1.12 bits per heavy atom. The van der Waals surface area contributed by atoms with E-state index < -0.39 is 0 Å². The first-order valence-electron chi connectivity index (χ1n) is 8.92. The number of nitro benzene ring substituents is 1. The average Bonchev–Trinajstić information content (AvgIpc) is 2.68. The summed E-state index contributed by atoms with van der Waals surface area (Å²) in [5, 5.41) is 10.8. The molecular formula is C19H25N5O2. The van der Waals surface area contributed by atoms with Crippen molar-refractivity contribution in [1.82, 2.24) is 14.8 Å². The van der Waals surface area contributed by atoms with Crippen molar-refractivity contribution in [3.63, 3.8) is 0 Å². The lowest BCUT2D eigenvalue weighted by Crippen LogP contribution is -2.48. The molecule has 2 heterocycles. The van der Waals surface area contributed by atoms with Gasteiger partial charge in [-0.3, -0.25) is 24.9 Å². The van der Waals surface area contributed by atoms with Crippen molar-refractivity contribution in [3.05, 3.63) is 64.5 Å². The first-order chi connectivity index (χ1) is 12.6. The number of anilines is 1. The summed E-state index contributed by atoms with van der Waals surface area (Å²) in [4.78, 5) is 21.8. The Hall–Kier alpha value is -2.51. The van der Waals surface area contributed by atoms with E-state index in [1.807, 2.05) is 30.5 Å². The molecule has 1 saturated heterocycles. The number of hydrogen-bond donors (Lipinski definition) is 0.